The number of thiocarbonyl (C=S) groups is 1. The van der Waals surface area contributed by atoms with Gasteiger partial charge in [0.2, 0.25) is 0 Å². The first-order valence-electron chi connectivity index (χ1n) is 8.05. The molecule has 0 saturated carbocycles. The SMILES string of the molecule is C=C.CC.CC.CC(C)=S.CCCC(CC)CCC. The largest absolute Gasteiger partial charge is 0.106 e. The molecule has 0 aliphatic heterocycles. The molecule has 0 amide bonds. The first-order chi connectivity index (χ1) is 9.08. The maximum Gasteiger partial charge on any atom is -0.0133 e. The second-order valence-electron chi connectivity index (χ2n) is 3.76. The lowest BCUT2D eigenvalue weighted by Gasteiger charge is -2.10. The maximum absolute atomic E-state index is 4.54. The molecule has 19 heavy (non-hydrogen) atoms. The third kappa shape index (κ3) is 72.9. The van der Waals surface area contributed by atoms with Crippen molar-refractivity contribution in [3.05, 3.63) is 13.2 Å². The fraction of sp³-hybridized carbons (Fsp3) is 0.833. The van der Waals surface area contributed by atoms with Crippen LogP contribution in [0, 0.1) is 5.92 Å². The van der Waals surface area contributed by atoms with E-state index in [0.717, 1.165) is 10.8 Å². The maximum atomic E-state index is 4.54. The van der Waals surface area contributed by atoms with E-state index in [2.05, 4.69) is 46.1 Å². The van der Waals surface area contributed by atoms with Crippen molar-refractivity contribution < 1.29 is 0 Å². The Morgan fingerprint density at radius 1 is 0.842 bits per heavy atom. The molecule has 0 rings (SSSR count). The normalized spacial score (nSPS) is 7.26. The van der Waals surface area contributed by atoms with Crippen LogP contribution in [0.5, 0.6) is 0 Å². The molecule has 0 bridgehead atoms. The minimum Gasteiger partial charge on any atom is -0.106 e. The Bertz CT molecular complexity index is 109. The molecule has 0 spiro atoms. The van der Waals surface area contributed by atoms with Crippen LogP contribution in [0.2, 0.25) is 0 Å². The highest BCUT2D eigenvalue weighted by atomic mass is 32.1. The molecular formula is C18H42S. The van der Waals surface area contributed by atoms with Crippen LogP contribution in [-0.2, 0) is 0 Å². The second kappa shape index (κ2) is 43.1. The van der Waals surface area contributed by atoms with Gasteiger partial charge in [0.05, 0.1) is 0 Å². The molecular weight excluding hydrogens is 248 g/mol. The van der Waals surface area contributed by atoms with E-state index < -0.39 is 0 Å². The van der Waals surface area contributed by atoms with Gasteiger partial charge in [-0.1, -0.05) is 92.8 Å². The Morgan fingerprint density at radius 3 is 1.16 bits per heavy atom. The number of hydrogen-bond donors (Lipinski definition) is 0. The molecule has 0 aliphatic rings. The second-order valence-corrected chi connectivity index (χ2v) is 4.58. The van der Waals surface area contributed by atoms with Crippen LogP contribution in [0.4, 0.5) is 0 Å². The van der Waals surface area contributed by atoms with Gasteiger partial charge in [-0.05, 0) is 24.6 Å². The average molecular weight is 291 g/mol. The summed E-state index contributed by atoms with van der Waals surface area (Å²) in [6.07, 6.45) is 6.97. The Kier molecular flexibility index (Phi) is 70.9. The third-order valence-electron chi connectivity index (χ3n) is 1.97. The lowest BCUT2D eigenvalue weighted by molar-refractivity contribution is 0.427. The molecule has 0 aromatic carbocycles. The summed E-state index contributed by atoms with van der Waals surface area (Å²) in [7, 11) is 0. The molecule has 0 unspecified atom stereocenters. The highest BCUT2D eigenvalue weighted by Crippen LogP contribution is 2.16. The van der Waals surface area contributed by atoms with Crippen molar-refractivity contribution in [1.82, 2.24) is 0 Å². The van der Waals surface area contributed by atoms with Crippen LogP contribution in [0.15, 0.2) is 13.2 Å². The van der Waals surface area contributed by atoms with E-state index in [1.807, 2.05) is 41.5 Å². The van der Waals surface area contributed by atoms with Crippen LogP contribution in [0.25, 0.3) is 0 Å². The first kappa shape index (κ1) is 31.3. The van der Waals surface area contributed by atoms with Crippen molar-refractivity contribution in [1.29, 1.82) is 0 Å². The molecule has 0 aliphatic carbocycles. The molecule has 0 fully saturated rings. The van der Waals surface area contributed by atoms with Gasteiger partial charge in [0.25, 0.3) is 0 Å². The zero-order chi connectivity index (χ0) is 16.7. The van der Waals surface area contributed by atoms with Crippen LogP contribution < -0.4 is 0 Å². The lowest BCUT2D eigenvalue weighted by atomic mass is 9.96. The van der Waals surface area contributed by atoms with E-state index in [4.69, 9.17) is 0 Å². The summed E-state index contributed by atoms with van der Waals surface area (Å²) in [4.78, 5) is 1.00. The fourth-order valence-electron chi connectivity index (χ4n) is 1.37. The highest BCUT2D eigenvalue weighted by molar-refractivity contribution is 7.80. The standard InChI is InChI=1S/C9H20.C3H6S.2C2H6.C2H4/c1-4-7-9(6-3)8-5-2;1-3(2)4;3*1-2/h9H,4-8H2,1-3H3;1-2H3;2*1-2H3;1-2H2. The van der Waals surface area contributed by atoms with Gasteiger partial charge in [0.1, 0.15) is 0 Å². The summed E-state index contributed by atoms with van der Waals surface area (Å²) in [5.41, 5.74) is 0. The van der Waals surface area contributed by atoms with Crippen molar-refractivity contribution in [2.75, 3.05) is 0 Å². The number of hydrogen-bond acceptors (Lipinski definition) is 1. The Balaban J connectivity index is -0.0000000549. The van der Waals surface area contributed by atoms with Gasteiger partial charge in [0, 0.05) is 0 Å². The van der Waals surface area contributed by atoms with Crippen LogP contribution in [0.1, 0.15) is 94.4 Å². The number of rotatable bonds is 5. The van der Waals surface area contributed by atoms with Crippen molar-refractivity contribution in [2.24, 2.45) is 5.92 Å². The Labute approximate surface area is 131 Å². The van der Waals surface area contributed by atoms with Crippen molar-refractivity contribution >= 4 is 17.1 Å². The summed E-state index contributed by atoms with van der Waals surface area (Å²) < 4.78 is 0. The van der Waals surface area contributed by atoms with Gasteiger partial charge in [-0.3, -0.25) is 0 Å². The summed E-state index contributed by atoms with van der Waals surface area (Å²) in [5, 5.41) is 0. The van der Waals surface area contributed by atoms with Gasteiger partial charge in [0.15, 0.2) is 0 Å². The van der Waals surface area contributed by atoms with Crippen LogP contribution in [-0.4, -0.2) is 4.86 Å². The minimum atomic E-state index is 1.00. The van der Waals surface area contributed by atoms with E-state index >= 15 is 0 Å². The first-order valence-corrected chi connectivity index (χ1v) is 8.46. The van der Waals surface area contributed by atoms with Crippen molar-refractivity contribution in [3.8, 4) is 0 Å². The summed E-state index contributed by atoms with van der Waals surface area (Å²) in [6, 6.07) is 0. The zero-order valence-electron chi connectivity index (χ0n) is 15.4. The summed E-state index contributed by atoms with van der Waals surface area (Å²) >= 11 is 4.54. The van der Waals surface area contributed by atoms with E-state index in [1.165, 1.54) is 32.1 Å². The van der Waals surface area contributed by atoms with Gasteiger partial charge >= 0.3 is 0 Å². The molecule has 0 radical (unpaired) electrons. The van der Waals surface area contributed by atoms with Crippen LogP contribution >= 0.6 is 12.2 Å². The molecule has 120 valence electrons. The Morgan fingerprint density at radius 2 is 1.05 bits per heavy atom. The molecule has 0 heterocycles. The predicted octanol–water partition coefficient (Wildman–Crippen LogP) is 7.86. The van der Waals surface area contributed by atoms with Crippen molar-refractivity contribution in [2.45, 2.75) is 94.4 Å². The molecule has 0 aromatic heterocycles. The molecule has 0 N–H and O–H groups in total. The smallest absolute Gasteiger partial charge is 0.0133 e. The lowest BCUT2D eigenvalue weighted by Crippen LogP contribution is -1.96. The monoisotopic (exact) mass is 290 g/mol. The molecule has 0 aromatic rings. The third-order valence-corrected chi connectivity index (χ3v) is 1.97. The van der Waals surface area contributed by atoms with Gasteiger partial charge in [-0.2, -0.15) is 0 Å². The summed E-state index contributed by atoms with van der Waals surface area (Å²) in [6.45, 7) is 24.7. The van der Waals surface area contributed by atoms with E-state index in [0.29, 0.717) is 0 Å². The molecule has 0 atom stereocenters. The molecule has 0 saturated heterocycles. The van der Waals surface area contributed by atoms with Crippen molar-refractivity contribution in [3.63, 3.8) is 0 Å². The zero-order valence-corrected chi connectivity index (χ0v) is 16.3. The molecule has 0 nitrogen and oxygen atoms in total. The molecule has 1 heteroatoms. The topological polar surface area (TPSA) is 0 Å². The van der Waals surface area contributed by atoms with E-state index in [-0.39, 0.29) is 0 Å². The highest BCUT2D eigenvalue weighted by Gasteiger charge is 2.01. The van der Waals surface area contributed by atoms with E-state index in [9.17, 15) is 0 Å². The van der Waals surface area contributed by atoms with Crippen LogP contribution in [0.3, 0.4) is 0 Å². The van der Waals surface area contributed by atoms with Gasteiger partial charge in [-0.15, -0.1) is 13.2 Å². The Hall–Kier alpha value is -0.170. The van der Waals surface area contributed by atoms with E-state index in [1.54, 1.807) is 0 Å². The average Bonchev–Trinajstić information content (AvgIpc) is 2.44. The fourth-order valence-corrected chi connectivity index (χ4v) is 1.37. The summed E-state index contributed by atoms with van der Waals surface area (Å²) in [5.74, 6) is 1.01. The quantitative estimate of drug-likeness (QED) is 0.367. The van der Waals surface area contributed by atoms with Gasteiger partial charge < -0.3 is 0 Å². The minimum absolute atomic E-state index is 1.00. The predicted molar refractivity (Wildman–Crippen MR) is 101 cm³/mol. The van der Waals surface area contributed by atoms with Gasteiger partial charge in [-0.25, -0.2) is 0 Å².